The topological polar surface area (TPSA) is 71.3 Å². The smallest absolute Gasteiger partial charge is 0.270 e. The lowest BCUT2D eigenvalue weighted by Gasteiger charge is -2.34. The second-order valence-electron chi connectivity index (χ2n) is 3.98. The van der Waals surface area contributed by atoms with E-state index in [2.05, 4.69) is 11.9 Å². The Labute approximate surface area is 94.6 Å². The number of nitrogens with one attached hydrogen (secondary N) is 1. The van der Waals surface area contributed by atoms with Crippen molar-refractivity contribution in [3.8, 4) is 0 Å². The molecule has 2 heterocycles. The molecule has 5 heteroatoms. The first-order valence-electron chi connectivity index (χ1n) is 5.55. The summed E-state index contributed by atoms with van der Waals surface area (Å²) in [5, 5.41) is 0. The minimum Gasteiger partial charge on any atom is -0.397 e. The van der Waals surface area contributed by atoms with E-state index in [1.165, 1.54) is 0 Å². The number of carbonyl (C=O) groups excluding carboxylic acids is 1. The van der Waals surface area contributed by atoms with Crippen molar-refractivity contribution in [1.82, 2.24) is 9.88 Å². The van der Waals surface area contributed by atoms with E-state index in [1.54, 1.807) is 12.3 Å². The van der Waals surface area contributed by atoms with Gasteiger partial charge in [-0.1, -0.05) is 6.92 Å². The highest BCUT2D eigenvalue weighted by molar-refractivity contribution is 5.93. The molecule has 0 aliphatic carbocycles. The molecule has 0 spiro atoms. The second-order valence-corrected chi connectivity index (χ2v) is 3.98. The van der Waals surface area contributed by atoms with Gasteiger partial charge in [-0.2, -0.15) is 0 Å². The molecule has 0 bridgehead atoms. The van der Waals surface area contributed by atoms with Crippen LogP contribution in [0.2, 0.25) is 0 Å². The number of amides is 1. The zero-order valence-corrected chi connectivity index (χ0v) is 9.40. The van der Waals surface area contributed by atoms with Crippen molar-refractivity contribution < 1.29 is 9.53 Å². The molecule has 1 atom stereocenters. The van der Waals surface area contributed by atoms with Crippen LogP contribution in [-0.4, -0.2) is 41.6 Å². The Morgan fingerprint density at radius 3 is 3.19 bits per heavy atom. The standard InChI is InChI=1S/C11H17N3O2/c1-2-9-7-16-4-3-14(9)11(15)10-5-8(12)6-13-10/h5-6,9,13H,2-4,7,12H2,1H3. The normalized spacial score (nSPS) is 21.1. The minimum absolute atomic E-state index is 0.00634. The van der Waals surface area contributed by atoms with Crippen LogP contribution in [0.15, 0.2) is 12.3 Å². The first kappa shape index (κ1) is 11.0. The summed E-state index contributed by atoms with van der Waals surface area (Å²) < 4.78 is 5.37. The van der Waals surface area contributed by atoms with E-state index in [9.17, 15) is 4.79 Å². The maximum absolute atomic E-state index is 12.2. The lowest BCUT2D eigenvalue weighted by Crippen LogP contribution is -2.48. The van der Waals surface area contributed by atoms with Crippen molar-refractivity contribution in [2.75, 3.05) is 25.5 Å². The van der Waals surface area contributed by atoms with Crippen molar-refractivity contribution in [2.24, 2.45) is 0 Å². The Balaban J connectivity index is 2.13. The number of carbonyl (C=O) groups is 1. The Morgan fingerprint density at radius 1 is 1.75 bits per heavy atom. The summed E-state index contributed by atoms with van der Waals surface area (Å²) in [4.78, 5) is 16.9. The fourth-order valence-corrected chi connectivity index (χ4v) is 1.95. The zero-order chi connectivity index (χ0) is 11.5. The number of aromatic nitrogens is 1. The Morgan fingerprint density at radius 2 is 2.56 bits per heavy atom. The number of hydrogen-bond donors (Lipinski definition) is 2. The van der Waals surface area contributed by atoms with E-state index < -0.39 is 0 Å². The Bertz CT molecular complexity index is 375. The van der Waals surface area contributed by atoms with Crippen molar-refractivity contribution in [3.63, 3.8) is 0 Å². The van der Waals surface area contributed by atoms with Gasteiger partial charge in [0.05, 0.1) is 19.3 Å². The molecule has 0 aromatic carbocycles. The average molecular weight is 223 g/mol. The summed E-state index contributed by atoms with van der Waals surface area (Å²) in [6.07, 6.45) is 2.54. The molecule has 1 aliphatic heterocycles. The predicted octanol–water partition coefficient (Wildman–Crippen LogP) is 0.848. The third kappa shape index (κ3) is 2.04. The van der Waals surface area contributed by atoms with E-state index in [4.69, 9.17) is 10.5 Å². The minimum atomic E-state index is 0.00634. The van der Waals surface area contributed by atoms with Gasteiger partial charge in [-0.3, -0.25) is 4.79 Å². The predicted molar refractivity (Wildman–Crippen MR) is 61.1 cm³/mol. The molecule has 1 aromatic heterocycles. The molecule has 16 heavy (non-hydrogen) atoms. The van der Waals surface area contributed by atoms with E-state index in [0.29, 0.717) is 31.1 Å². The van der Waals surface area contributed by atoms with E-state index in [0.717, 1.165) is 6.42 Å². The van der Waals surface area contributed by atoms with Gasteiger partial charge in [0.15, 0.2) is 0 Å². The van der Waals surface area contributed by atoms with Crippen molar-refractivity contribution in [1.29, 1.82) is 0 Å². The number of morpholine rings is 1. The van der Waals surface area contributed by atoms with E-state index in [-0.39, 0.29) is 11.9 Å². The number of aromatic amines is 1. The number of ether oxygens (including phenoxy) is 1. The van der Waals surface area contributed by atoms with Gasteiger partial charge >= 0.3 is 0 Å². The molecule has 0 saturated carbocycles. The van der Waals surface area contributed by atoms with Crippen LogP contribution < -0.4 is 5.73 Å². The third-order valence-electron chi connectivity index (χ3n) is 2.90. The fourth-order valence-electron chi connectivity index (χ4n) is 1.95. The van der Waals surface area contributed by atoms with Gasteiger partial charge in [-0.25, -0.2) is 0 Å². The van der Waals surface area contributed by atoms with Crippen LogP contribution in [0.5, 0.6) is 0 Å². The van der Waals surface area contributed by atoms with Crippen molar-refractivity contribution in [3.05, 3.63) is 18.0 Å². The Hall–Kier alpha value is -1.49. The van der Waals surface area contributed by atoms with Gasteiger partial charge in [0.1, 0.15) is 5.69 Å². The summed E-state index contributed by atoms with van der Waals surface area (Å²) in [5.41, 5.74) is 6.73. The van der Waals surface area contributed by atoms with Gasteiger partial charge in [0, 0.05) is 18.4 Å². The van der Waals surface area contributed by atoms with Crippen LogP contribution in [0, 0.1) is 0 Å². The lowest BCUT2D eigenvalue weighted by molar-refractivity contribution is -0.00306. The molecule has 5 nitrogen and oxygen atoms in total. The summed E-state index contributed by atoms with van der Waals surface area (Å²) in [6.45, 7) is 3.94. The van der Waals surface area contributed by atoms with Crippen LogP contribution in [0.1, 0.15) is 23.8 Å². The van der Waals surface area contributed by atoms with Crippen LogP contribution in [0.4, 0.5) is 5.69 Å². The van der Waals surface area contributed by atoms with Gasteiger partial charge in [-0.15, -0.1) is 0 Å². The van der Waals surface area contributed by atoms with Crippen LogP contribution in [-0.2, 0) is 4.74 Å². The molecule has 1 unspecified atom stereocenters. The molecule has 1 saturated heterocycles. The first-order chi connectivity index (χ1) is 7.72. The quantitative estimate of drug-likeness (QED) is 0.780. The highest BCUT2D eigenvalue weighted by Crippen LogP contribution is 2.15. The second kappa shape index (κ2) is 4.57. The monoisotopic (exact) mass is 223 g/mol. The van der Waals surface area contributed by atoms with Crippen molar-refractivity contribution in [2.45, 2.75) is 19.4 Å². The van der Waals surface area contributed by atoms with Crippen LogP contribution >= 0.6 is 0 Å². The molecule has 88 valence electrons. The summed E-state index contributed by atoms with van der Waals surface area (Å²) in [7, 11) is 0. The number of nitrogen functional groups attached to an aromatic ring is 1. The largest absolute Gasteiger partial charge is 0.397 e. The molecule has 1 aromatic rings. The summed E-state index contributed by atoms with van der Waals surface area (Å²) in [5.74, 6) is 0.00634. The molecule has 1 aliphatic rings. The molecule has 1 fully saturated rings. The summed E-state index contributed by atoms with van der Waals surface area (Å²) >= 11 is 0. The van der Waals surface area contributed by atoms with Gasteiger partial charge in [0.25, 0.3) is 5.91 Å². The van der Waals surface area contributed by atoms with Gasteiger partial charge in [0.2, 0.25) is 0 Å². The molecule has 1 amide bonds. The first-order valence-corrected chi connectivity index (χ1v) is 5.55. The maximum atomic E-state index is 12.2. The fraction of sp³-hybridized carbons (Fsp3) is 0.545. The van der Waals surface area contributed by atoms with Gasteiger partial charge < -0.3 is 20.4 Å². The number of rotatable bonds is 2. The molecular weight excluding hydrogens is 206 g/mol. The van der Waals surface area contributed by atoms with Crippen LogP contribution in [0.25, 0.3) is 0 Å². The lowest BCUT2D eigenvalue weighted by atomic mass is 10.1. The number of nitrogens with two attached hydrogens (primary N) is 1. The average Bonchev–Trinajstić information content (AvgIpc) is 2.75. The molecule has 3 N–H and O–H groups in total. The number of hydrogen-bond acceptors (Lipinski definition) is 3. The SMILES string of the molecule is CCC1COCCN1C(=O)c1cc(N)c[nH]1. The number of anilines is 1. The van der Waals surface area contributed by atoms with Gasteiger partial charge in [-0.05, 0) is 12.5 Å². The highest BCUT2D eigenvalue weighted by atomic mass is 16.5. The summed E-state index contributed by atoms with van der Waals surface area (Å²) in [6, 6.07) is 1.84. The Kier molecular flexibility index (Phi) is 3.14. The number of H-pyrrole nitrogens is 1. The molecule has 0 radical (unpaired) electrons. The molecular formula is C11H17N3O2. The molecule has 2 rings (SSSR count). The zero-order valence-electron chi connectivity index (χ0n) is 9.40. The van der Waals surface area contributed by atoms with E-state index >= 15 is 0 Å². The maximum Gasteiger partial charge on any atom is 0.270 e. The van der Waals surface area contributed by atoms with Crippen LogP contribution in [0.3, 0.4) is 0 Å². The van der Waals surface area contributed by atoms with Crippen molar-refractivity contribution >= 4 is 11.6 Å². The number of nitrogens with zero attached hydrogens (tertiary/aromatic N) is 1. The third-order valence-corrected chi connectivity index (χ3v) is 2.90. The highest BCUT2D eigenvalue weighted by Gasteiger charge is 2.27. The van der Waals surface area contributed by atoms with E-state index in [1.807, 2.05) is 4.90 Å².